The number of nitrogens with zero attached hydrogens (tertiary/aromatic N) is 2. The molecule has 1 aromatic rings. The van der Waals surface area contributed by atoms with E-state index in [-0.39, 0.29) is 17.2 Å². The van der Waals surface area contributed by atoms with Crippen LogP contribution >= 0.6 is 0 Å². The largest absolute Gasteiger partial charge is 0.341 e. The van der Waals surface area contributed by atoms with E-state index in [1.54, 1.807) is 0 Å². The van der Waals surface area contributed by atoms with Crippen LogP contribution in [0, 0.1) is 12.3 Å². The normalized spacial score (nSPS) is 16.0. The molecule has 0 spiro atoms. The average molecular weight is 330 g/mol. The highest BCUT2D eigenvalue weighted by atomic mass is 16.2. The molecule has 0 bridgehead atoms. The maximum atomic E-state index is 12.5. The first-order chi connectivity index (χ1) is 11.3. The van der Waals surface area contributed by atoms with E-state index < -0.39 is 0 Å². The Morgan fingerprint density at radius 2 is 1.62 bits per heavy atom. The molecule has 4 heteroatoms. The molecule has 0 saturated carbocycles. The zero-order valence-electron chi connectivity index (χ0n) is 15.5. The lowest BCUT2D eigenvalue weighted by atomic mass is 9.94. The minimum atomic E-state index is -0.357. The summed E-state index contributed by atoms with van der Waals surface area (Å²) in [5, 5.41) is 0. The van der Waals surface area contributed by atoms with E-state index in [1.807, 2.05) is 42.7 Å². The fourth-order valence-electron chi connectivity index (χ4n) is 3.13. The molecule has 1 aliphatic heterocycles. The highest BCUT2D eigenvalue weighted by Gasteiger charge is 2.29. The number of amides is 2. The van der Waals surface area contributed by atoms with Gasteiger partial charge in [-0.3, -0.25) is 9.59 Å². The van der Waals surface area contributed by atoms with Crippen LogP contribution in [0.5, 0.6) is 0 Å². The second-order valence-electron chi connectivity index (χ2n) is 7.70. The van der Waals surface area contributed by atoms with E-state index in [2.05, 4.69) is 19.1 Å². The molecule has 1 aliphatic rings. The average Bonchev–Trinajstić information content (AvgIpc) is 2.78. The SMILES string of the molecule is Cc1ccccc1CCC(=O)N1CCCN(C(=O)C(C)(C)C)CC1. The lowest BCUT2D eigenvalue weighted by Crippen LogP contribution is -2.42. The van der Waals surface area contributed by atoms with Crippen molar-refractivity contribution >= 4 is 11.8 Å². The van der Waals surface area contributed by atoms with Gasteiger partial charge in [0.2, 0.25) is 11.8 Å². The summed E-state index contributed by atoms with van der Waals surface area (Å²) in [4.78, 5) is 28.8. The van der Waals surface area contributed by atoms with Gasteiger partial charge in [-0.15, -0.1) is 0 Å². The van der Waals surface area contributed by atoms with Gasteiger partial charge in [-0.25, -0.2) is 0 Å². The maximum absolute atomic E-state index is 12.5. The van der Waals surface area contributed by atoms with Gasteiger partial charge in [0.05, 0.1) is 0 Å². The van der Waals surface area contributed by atoms with Crippen molar-refractivity contribution in [2.75, 3.05) is 26.2 Å². The molecule has 0 aromatic heterocycles. The second kappa shape index (κ2) is 7.82. The first kappa shape index (κ1) is 18.5. The topological polar surface area (TPSA) is 40.6 Å². The van der Waals surface area contributed by atoms with Crippen LogP contribution in [0.2, 0.25) is 0 Å². The molecule has 24 heavy (non-hydrogen) atoms. The summed E-state index contributed by atoms with van der Waals surface area (Å²) in [5.41, 5.74) is 2.12. The summed E-state index contributed by atoms with van der Waals surface area (Å²) in [7, 11) is 0. The van der Waals surface area contributed by atoms with Gasteiger partial charge < -0.3 is 9.80 Å². The first-order valence-corrected chi connectivity index (χ1v) is 8.90. The molecule has 1 heterocycles. The van der Waals surface area contributed by atoms with Crippen molar-refractivity contribution in [3.8, 4) is 0 Å². The van der Waals surface area contributed by atoms with E-state index in [1.165, 1.54) is 11.1 Å². The van der Waals surface area contributed by atoms with E-state index >= 15 is 0 Å². The zero-order chi connectivity index (χ0) is 17.7. The van der Waals surface area contributed by atoms with Gasteiger partial charge in [-0.05, 0) is 30.9 Å². The van der Waals surface area contributed by atoms with Crippen molar-refractivity contribution in [1.29, 1.82) is 0 Å². The molecular formula is C20H30N2O2. The minimum absolute atomic E-state index is 0.178. The van der Waals surface area contributed by atoms with E-state index in [4.69, 9.17) is 0 Å². The first-order valence-electron chi connectivity index (χ1n) is 8.90. The number of hydrogen-bond acceptors (Lipinski definition) is 2. The van der Waals surface area contributed by atoms with Gasteiger partial charge in [-0.1, -0.05) is 45.0 Å². The zero-order valence-corrected chi connectivity index (χ0v) is 15.5. The molecule has 0 atom stereocenters. The Labute approximate surface area is 145 Å². The smallest absolute Gasteiger partial charge is 0.228 e. The molecule has 1 saturated heterocycles. The third-order valence-electron chi connectivity index (χ3n) is 4.65. The van der Waals surface area contributed by atoms with Crippen LogP contribution in [0.4, 0.5) is 0 Å². The summed E-state index contributed by atoms with van der Waals surface area (Å²) in [5.74, 6) is 0.375. The Morgan fingerprint density at radius 1 is 1.00 bits per heavy atom. The van der Waals surface area contributed by atoms with Crippen molar-refractivity contribution in [2.45, 2.75) is 47.0 Å². The summed E-state index contributed by atoms with van der Waals surface area (Å²) in [6, 6.07) is 8.22. The van der Waals surface area contributed by atoms with Gasteiger partial charge in [0.1, 0.15) is 0 Å². The summed E-state index contributed by atoms with van der Waals surface area (Å²) in [6.45, 7) is 10.7. The van der Waals surface area contributed by atoms with Crippen molar-refractivity contribution in [3.63, 3.8) is 0 Å². The molecule has 1 fully saturated rings. The third kappa shape index (κ3) is 4.83. The number of carbonyl (C=O) groups is 2. The van der Waals surface area contributed by atoms with Gasteiger partial charge in [0, 0.05) is 38.0 Å². The molecule has 2 rings (SSSR count). The summed E-state index contributed by atoms with van der Waals surface area (Å²) < 4.78 is 0. The number of rotatable bonds is 3. The number of hydrogen-bond donors (Lipinski definition) is 0. The monoisotopic (exact) mass is 330 g/mol. The van der Waals surface area contributed by atoms with Gasteiger partial charge in [-0.2, -0.15) is 0 Å². The molecule has 132 valence electrons. The van der Waals surface area contributed by atoms with Crippen molar-refractivity contribution in [2.24, 2.45) is 5.41 Å². The van der Waals surface area contributed by atoms with Crippen LogP contribution in [0.1, 0.15) is 44.7 Å². The molecule has 0 N–H and O–H groups in total. The van der Waals surface area contributed by atoms with Gasteiger partial charge >= 0.3 is 0 Å². The molecule has 1 aromatic carbocycles. The Hall–Kier alpha value is -1.84. The van der Waals surface area contributed by atoms with Crippen molar-refractivity contribution in [3.05, 3.63) is 35.4 Å². The third-order valence-corrected chi connectivity index (χ3v) is 4.65. The number of benzene rings is 1. The minimum Gasteiger partial charge on any atom is -0.341 e. The second-order valence-corrected chi connectivity index (χ2v) is 7.70. The number of carbonyl (C=O) groups excluding carboxylic acids is 2. The van der Waals surface area contributed by atoms with Crippen LogP contribution < -0.4 is 0 Å². The van der Waals surface area contributed by atoms with Crippen LogP contribution in [0.25, 0.3) is 0 Å². The predicted octanol–water partition coefficient (Wildman–Crippen LogP) is 3.03. The van der Waals surface area contributed by atoms with Crippen molar-refractivity contribution < 1.29 is 9.59 Å². The molecule has 2 amide bonds. The van der Waals surface area contributed by atoms with E-state index in [0.717, 1.165) is 25.9 Å². The van der Waals surface area contributed by atoms with Crippen LogP contribution in [-0.4, -0.2) is 47.8 Å². The van der Waals surface area contributed by atoms with Gasteiger partial charge in [0.25, 0.3) is 0 Å². The Morgan fingerprint density at radius 3 is 2.29 bits per heavy atom. The maximum Gasteiger partial charge on any atom is 0.228 e. The molecular weight excluding hydrogens is 300 g/mol. The van der Waals surface area contributed by atoms with E-state index in [0.29, 0.717) is 19.5 Å². The fourth-order valence-corrected chi connectivity index (χ4v) is 3.13. The van der Waals surface area contributed by atoms with Crippen LogP contribution in [-0.2, 0) is 16.0 Å². The molecule has 0 unspecified atom stereocenters. The highest BCUT2D eigenvalue weighted by molar-refractivity contribution is 5.82. The van der Waals surface area contributed by atoms with Crippen LogP contribution in [0.15, 0.2) is 24.3 Å². The van der Waals surface area contributed by atoms with E-state index in [9.17, 15) is 9.59 Å². The fraction of sp³-hybridized carbons (Fsp3) is 0.600. The highest BCUT2D eigenvalue weighted by Crippen LogP contribution is 2.19. The lowest BCUT2D eigenvalue weighted by Gasteiger charge is -2.28. The Balaban J connectivity index is 1.88. The quantitative estimate of drug-likeness (QED) is 0.855. The number of aryl methyl sites for hydroxylation is 2. The van der Waals surface area contributed by atoms with Gasteiger partial charge in [0.15, 0.2) is 0 Å². The predicted molar refractivity (Wildman–Crippen MR) is 96.7 cm³/mol. The van der Waals surface area contributed by atoms with Crippen molar-refractivity contribution in [1.82, 2.24) is 9.80 Å². The Kier molecular flexibility index (Phi) is 6.03. The summed E-state index contributed by atoms with van der Waals surface area (Å²) in [6.07, 6.45) is 2.18. The molecule has 0 radical (unpaired) electrons. The molecule has 0 aliphatic carbocycles. The Bertz CT molecular complexity index is 590. The molecule has 4 nitrogen and oxygen atoms in total. The lowest BCUT2D eigenvalue weighted by molar-refractivity contribution is -0.139. The standard InChI is InChI=1S/C20H30N2O2/c1-16-8-5-6-9-17(16)10-11-18(23)21-12-7-13-22(15-14-21)19(24)20(2,3)4/h5-6,8-9H,7,10-15H2,1-4H3. The summed E-state index contributed by atoms with van der Waals surface area (Å²) >= 11 is 0. The van der Waals surface area contributed by atoms with Crippen LogP contribution in [0.3, 0.4) is 0 Å².